The maximum absolute atomic E-state index is 5.70. The summed E-state index contributed by atoms with van der Waals surface area (Å²) in [6.45, 7) is 5.30. The Kier molecular flexibility index (Phi) is 3.35. The third kappa shape index (κ3) is 2.54. The number of likely N-dealkylation sites (N-methyl/N-ethyl adjacent to an activating group) is 1. The molecule has 1 saturated heterocycles. The normalized spacial score (nSPS) is 20.1. The largest absolute Gasteiger partial charge is 0.373 e. The van der Waals surface area contributed by atoms with Crippen LogP contribution in [0.1, 0.15) is 5.56 Å². The second kappa shape index (κ2) is 5.14. The van der Waals surface area contributed by atoms with Crippen molar-refractivity contribution in [2.75, 3.05) is 38.2 Å². The molecule has 1 N–H and O–H groups in total. The Labute approximate surface area is 112 Å². The molecule has 0 aliphatic carbocycles. The summed E-state index contributed by atoms with van der Waals surface area (Å²) in [5, 5.41) is 7.69. The molecule has 6 heteroatoms. The molecule has 1 atom stereocenters. The molecule has 1 fully saturated rings. The van der Waals surface area contributed by atoms with Gasteiger partial charge in [0.1, 0.15) is 0 Å². The highest BCUT2D eigenvalue weighted by atomic mass is 16.5. The average molecular weight is 261 g/mol. The summed E-state index contributed by atoms with van der Waals surface area (Å²) in [4.78, 5) is 6.76. The monoisotopic (exact) mass is 261 g/mol. The van der Waals surface area contributed by atoms with E-state index in [1.54, 1.807) is 0 Å². The van der Waals surface area contributed by atoms with E-state index in [2.05, 4.69) is 33.3 Å². The highest BCUT2D eigenvalue weighted by molar-refractivity contribution is 5.45. The topological polar surface area (TPSA) is 54.7 Å². The molecule has 19 heavy (non-hydrogen) atoms. The molecule has 2 aromatic heterocycles. The summed E-state index contributed by atoms with van der Waals surface area (Å²) in [7, 11) is 1.94. The molecule has 2 aromatic rings. The molecule has 6 nitrogen and oxygen atoms in total. The van der Waals surface area contributed by atoms with E-state index in [1.165, 1.54) is 5.56 Å². The number of ether oxygens (including phenoxy) is 1. The van der Waals surface area contributed by atoms with Gasteiger partial charge in [-0.1, -0.05) is 6.07 Å². The van der Waals surface area contributed by atoms with Gasteiger partial charge in [0.2, 0.25) is 5.95 Å². The first-order chi connectivity index (χ1) is 9.26. The summed E-state index contributed by atoms with van der Waals surface area (Å²) >= 11 is 0. The Morgan fingerprint density at radius 1 is 1.47 bits per heavy atom. The molecule has 0 radical (unpaired) electrons. The van der Waals surface area contributed by atoms with Gasteiger partial charge in [0.15, 0.2) is 5.65 Å². The Hall–Kier alpha value is -1.66. The quantitative estimate of drug-likeness (QED) is 0.870. The molecule has 0 spiro atoms. The lowest BCUT2D eigenvalue weighted by atomic mass is 10.3. The summed E-state index contributed by atoms with van der Waals surface area (Å²) < 4.78 is 7.54. The van der Waals surface area contributed by atoms with Crippen LogP contribution in [0.4, 0.5) is 5.95 Å². The first-order valence-corrected chi connectivity index (χ1v) is 6.60. The maximum Gasteiger partial charge on any atom is 0.245 e. The number of nitrogens with one attached hydrogen (secondary N) is 1. The number of aryl methyl sites for hydroxylation is 1. The van der Waals surface area contributed by atoms with Crippen LogP contribution in [0.3, 0.4) is 0 Å². The van der Waals surface area contributed by atoms with E-state index >= 15 is 0 Å². The summed E-state index contributed by atoms with van der Waals surface area (Å²) in [5.74, 6) is 0.787. The van der Waals surface area contributed by atoms with Crippen LogP contribution in [0.5, 0.6) is 0 Å². The molecule has 0 saturated carbocycles. The summed E-state index contributed by atoms with van der Waals surface area (Å²) in [6, 6.07) is 4.05. The van der Waals surface area contributed by atoms with Gasteiger partial charge in [0.05, 0.1) is 12.7 Å². The smallest absolute Gasteiger partial charge is 0.245 e. The Morgan fingerprint density at radius 2 is 2.37 bits per heavy atom. The van der Waals surface area contributed by atoms with Crippen molar-refractivity contribution in [3.05, 3.63) is 23.9 Å². The van der Waals surface area contributed by atoms with Crippen LogP contribution >= 0.6 is 0 Å². The number of fused-ring (bicyclic) bond motifs is 1. The predicted molar refractivity (Wildman–Crippen MR) is 73.6 cm³/mol. The second-order valence-electron chi connectivity index (χ2n) is 4.92. The fraction of sp³-hybridized carbons (Fsp3) is 0.538. The van der Waals surface area contributed by atoms with E-state index < -0.39 is 0 Å². The number of anilines is 1. The van der Waals surface area contributed by atoms with Crippen molar-refractivity contribution in [3.8, 4) is 0 Å². The standard InChI is InChI=1S/C13H19N5O/c1-10-3-4-12-15-13(16-18(12)8-10)17-5-6-19-11(9-17)7-14-2/h3-4,8,11,14H,5-7,9H2,1-2H3. The number of hydrogen-bond donors (Lipinski definition) is 1. The SMILES string of the molecule is CNCC1CN(c2nc3ccc(C)cn3n2)CCO1. The Balaban J connectivity index is 1.83. The molecule has 3 rings (SSSR count). The van der Waals surface area contributed by atoms with Crippen molar-refractivity contribution in [2.24, 2.45) is 0 Å². The number of nitrogens with zero attached hydrogens (tertiary/aromatic N) is 4. The fourth-order valence-corrected chi connectivity index (χ4v) is 2.36. The highest BCUT2D eigenvalue weighted by Gasteiger charge is 2.22. The lowest BCUT2D eigenvalue weighted by molar-refractivity contribution is 0.0416. The van der Waals surface area contributed by atoms with E-state index in [0.717, 1.165) is 37.8 Å². The maximum atomic E-state index is 5.70. The van der Waals surface area contributed by atoms with Crippen LogP contribution in [-0.4, -0.2) is 54.0 Å². The molecular formula is C13H19N5O. The van der Waals surface area contributed by atoms with Crippen molar-refractivity contribution in [2.45, 2.75) is 13.0 Å². The first-order valence-electron chi connectivity index (χ1n) is 6.60. The van der Waals surface area contributed by atoms with Crippen LogP contribution in [-0.2, 0) is 4.74 Å². The zero-order chi connectivity index (χ0) is 13.2. The molecule has 1 unspecified atom stereocenters. The van der Waals surface area contributed by atoms with Gasteiger partial charge in [0, 0.05) is 25.8 Å². The number of morpholine rings is 1. The third-order valence-corrected chi connectivity index (χ3v) is 3.32. The van der Waals surface area contributed by atoms with Gasteiger partial charge in [-0.2, -0.15) is 4.98 Å². The Bertz CT molecular complexity index is 565. The van der Waals surface area contributed by atoms with E-state index in [-0.39, 0.29) is 6.10 Å². The second-order valence-corrected chi connectivity index (χ2v) is 4.92. The molecular weight excluding hydrogens is 242 g/mol. The minimum absolute atomic E-state index is 0.201. The van der Waals surface area contributed by atoms with E-state index in [9.17, 15) is 0 Å². The number of aromatic nitrogens is 3. The fourth-order valence-electron chi connectivity index (χ4n) is 2.36. The summed E-state index contributed by atoms with van der Waals surface area (Å²) in [6.07, 6.45) is 2.20. The third-order valence-electron chi connectivity index (χ3n) is 3.32. The Morgan fingerprint density at radius 3 is 3.21 bits per heavy atom. The van der Waals surface area contributed by atoms with E-state index in [4.69, 9.17) is 4.74 Å². The first kappa shape index (κ1) is 12.4. The van der Waals surface area contributed by atoms with Gasteiger partial charge in [-0.3, -0.25) is 0 Å². The van der Waals surface area contributed by atoms with Gasteiger partial charge in [-0.25, -0.2) is 4.52 Å². The van der Waals surface area contributed by atoms with Crippen molar-refractivity contribution < 1.29 is 4.74 Å². The van der Waals surface area contributed by atoms with Gasteiger partial charge < -0.3 is 15.0 Å². The molecule has 0 bridgehead atoms. The van der Waals surface area contributed by atoms with Crippen LogP contribution in [0.25, 0.3) is 5.65 Å². The van der Waals surface area contributed by atoms with Gasteiger partial charge in [0.25, 0.3) is 0 Å². The van der Waals surface area contributed by atoms with Crippen LogP contribution < -0.4 is 10.2 Å². The van der Waals surface area contributed by atoms with Crippen LogP contribution in [0, 0.1) is 6.92 Å². The van der Waals surface area contributed by atoms with Crippen molar-refractivity contribution >= 4 is 11.6 Å². The lowest BCUT2D eigenvalue weighted by Crippen LogP contribution is -2.46. The molecule has 1 aliphatic rings. The average Bonchev–Trinajstić information content (AvgIpc) is 2.82. The minimum Gasteiger partial charge on any atom is -0.373 e. The van der Waals surface area contributed by atoms with Crippen molar-refractivity contribution in [1.29, 1.82) is 0 Å². The van der Waals surface area contributed by atoms with Crippen LogP contribution in [0.15, 0.2) is 18.3 Å². The summed E-state index contributed by atoms with van der Waals surface area (Å²) in [5.41, 5.74) is 2.07. The lowest BCUT2D eigenvalue weighted by Gasteiger charge is -2.31. The van der Waals surface area contributed by atoms with Gasteiger partial charge in [-0.15, -0.1) is 5.10 Å². The molecule has 0 aromatic carbocycles. The van der Waals surface area contributed by atoms with Gasteiger partial charge in [-0.05, 0) is 25.6 Å². The number of hydrogen-bond acceptors (Lipinski definition) is 5. The predicted octanol–water partition coefficient (Wildman–Crippen LogP) is 0.462. The van der Waals surface area contributed by atoms with E-state index in [0.29, 0.717) is 0 Å². The number of rotatable bonds is 3. The molecule has 1 aliphatic heterocycles. The molecule has 3 heterocycles. The zero-order valence-electron chi connectivity index (χ0n) is 11.3. The van der Waals surface area contributed by atoms with E-state index in [1.807, 2.05) is 23.8 Å². The zero-order valence-corrected chi connectivity index (χ0v) is 11.3. The number of pyridine rings is 1. The molecule has 0 amide bonds. The van der Waals surface area contributed by atoms with Gasteiger partial charge >= 0.3 is 0 Å². The molecule has 102 valence electrons. The van der Waals surface area contributed by atoms with Crippen molar-refractivity contribution in [1.82, 2.24) is 19.9 Å². The minimum atomic E-state index is 0.201. The van der Waals surface area contributed by atoms with Crippen molar-refractivity contribution in [3.63, 3.8) is 0 Å². The highest BCUT2D eigenvalue weighted by Crippen LogP contribution is 2.15. The van der Waals surface area contributed by atoms with Crippen LogP contribution in [0.2, 0.25) is 0 Å².